The number of benzene rings is 2. The van der Waals surface area contributed by atoms with Crippen molar-refractivity contribution in [2.24, 2.45) is 4.99 Å². The Morgan fingerprint density at radius 3 is 2.77 bits per heavy atom. The third-order valence-corrected chi connectivity index (χ3v) is 5.64. The number of halogens is 1. The van der Waals surface area contributed by atoms with Crippen LogP contribution in [0.2, 0.25) is 5.02 Å². The van der Waals surface area contributed by atoms with Gasteiger partial charge in [0.05, 0.1) is 22.7 Å². The molecule has 1 saturated heterocycles. The molecule has 0 aromatic heterocycles. The molecule has 0 atom stereocenters. The highest BCUT2D eigenvalue weighted by atomic mass is 35.5. The topological polar surface area (TPSA) is 83.7 Å². The first-order valence-electron chi connectivity index (χ1n) is 8.61. The van der Waals surface area contributed by atoms with Gasteiger partial charge in [-0.1, -0.05) is 24.3 Å². The summed E-state index contributed by atoms with van der Waals surface area (Å²) in [5.74, 6) is 0.728. The maximum Gasteiger partial charge on any atom is 0.264 e. The number of amides is 1. The Balaban J connectivity index is 1.82. The minimum absolute atomic E-state index is 0.266. The van der Waals surface area contributed by atoms with Crippen LogP contribution in [0.3, 0.4) is 0 Å². The fourth-order valence-electron chi connectivity index (χ4n) is 2.46. The van der Waals surface area contributed by atoms with Crippen LogP contribution >= 0.6 is 35.1 Å². The number of rotatable bonds is 7. The van der Waals surface area contributed by atoms with Crippen LogP contribution in [0.25, 0.3) is 6.08 Å². The van der Waals surface area contributed by atoms with Crippen molar-refractivity contribution in [1.82, 2.24) is 5.32 Å². The molecule has 0 spiro atoms. The van der Waals surface area contributed by atoms with E-state index in [4.69, 9.17) is 26.3 Å². The number of methoxy groups -OCH3 is 1. The Morgan fingerprint density at radius 1 is 1.33 bits per heavy atom. The van der Waals surface area contributed by atoms with Gasteiger partial charge in [-0.3, -0.25) is 4.79 Å². The number of aliphatic imine (C=N–C) groups is 1. The molecule has 0 radical (unpaired) electrons. The summed E-state index contributed by atoms with van der Waals surface area (Å²) >= 11 is 8.65. The highest BCUT2D eigenvalue weighted by Crippen LogP contribution is 2.36. The van der Waals surface area contributed by atoms with Crippen LogP contribution < -0.4 is 14.8 Å². The Kier molecular flexibility index (Phi) is 7.46. The molecular formula is C21H16ClN3O3S2. The summed E-state index contributed by atoms with van der Waals surface area (Å²) in [5.41, 5.74) is 1.29. The lowest BCUT2D eigenvalue weighted by Gasteiger charge is -2.11. The van der Waals surface area contributed by atoms with Gasteiger partial charge in [-0.25, -0.2) is 4.99 Å². The van der Waals surface area contributed by atoms with E-state index in [1.807, 2.05) is 5.40 Å². The molecule has 0 aliphatic carbocycles. The highest BCUT2D eigenvalue weighted by Gasteiger charge is 2.24. The first kappa shape index (κ1) is 21.8. The van der Waals surface area contributed by atoms with Gasteiger partial charge < -0.3 is 14.8 Å². The smallest absolute Gasteiger partial charge is 0.264 e. The van der Waals surface area contributed by atoms with Crippen LogP contribution in [0.5, 0.6) is 11.5 Å². The average molecular weight is 458 g/mol. The van der Waals surface area contributed by atoms with Crippen molar-refractivity contribution in [2.75, 3.05) is 13.7 Å². The molecule has 9 heteroatoms. The number of hydrogen-bond acceptors (Lipinski definition) is 7. The summed E-state index contributed by atoms with van der Waals surface area (Å²) in [7, 11) is 1.53. The summed E-state index contributed by atoms with van der Waals surface area (Å²) in [6.45, 7) is 3.94. The lowest BCUT2D eigenvalue weighted by atomic mass is 10.2. The first-order valence-corrected chi connectivity index (χ1v) is 10.6. The average Bonchev–Trinajstić information content (AvgIpc) is 3.08. The molecule has 2 aromatic rings. The molecule has 1 fully saturated rings. The van der Waals surface area contributed by atoms with E-state index < -0.39 is 0 Å². The van der Waals surface area contributed by atoms with E-state index in [9.17, 15) is 4.79 Å². The quantitative estimate of drug-likeness (QED) is 0.260. The maximum atomic E-state index is 12.4. The van der Waals surface area contributed by atoms with Gasteiger partial charge in [-0.15, -0.1) is 0 Å². The normalized spacial score (nSPS) is 15.7. The van der Waals surface area contributed by atoms with Crippen LogP contribution in [-0.4, -0.2) is 24.8 Å². The number of nitriles is 1. The van der Waals surface area contributed by atoms with Crippen molar-refractivity contribution in [3.05, 3.63) is 64.5 Å². The Hall–Kier alpha value is -2.86. The number of thiocyanates is 1. The number of nitrogens with one attached hydrogen (secondary N) is 1. The number of amidine groups is 1. The minimum atomic E-state index is -0.266. The van der Waals surface area contributed by atoms with Gasteiger partial charge in [0.2, 0.25) is 0 Å². The van der Waals surface area contributed by atoms with Gasteiger partial charge in [0.1, 0.15) is 12.0 Å². The van der Waals surface area contributed by atoms with Crippen LogP contribution in [-0.2, 0) is 4.79 Å². The molecule has 152 valence electrons. The van der Waals surface area contributed by atoms with Crippen molar-refractivity contribution in [1.29, 1.82) is 5.26 Å². The standard InChI is InChI=1S/C21H16ClN3O3S2/c1-3-8-28-18-11-16(22)13(9-17(18)27-2)10-19-20(26)25-21(30-19)24-14-4-6-15(7-5-14)29-12-23/h3-7,9-11H,1,8H2,2H3,(H,24,25,26)/b19-10-. The number of hydrogen-bond donors (Lipinski definition) is 1. The zero-order valence-electron chi connectivity index (χ0n) is 15.8. The summed E-state index contributed by atoms with van der Waals surface area (Å²) in [6, 6.07) is 10.5. The monoisotopic (exact) mass is 457 g/mol. The second-order valence-electron chi connectivity index (χ2n) is 5.79. The van der Waals surface area contributed by atoms with Crippen LogP contribution in [0.4, 0.5) is 5.69 Å². The number of ether oxygens (including phenoxy) is 2. The Bertz CT molecular complexity index is 1080. The third kappa shape index (κ3) is 5.39. The molecule has 1 aliphatic heterocycles. The van der Waals surface area contributed by atoms with Crippen molar-refractivity contribution >= 4 is 58.0 Å². The lowest BCUT2D eigenvalue weighted by molar-refractivity contribution is -0.115. The van der Waals surface area contributed by atoms with E-state index in [1.165, 1.54) is 18.9 Å². The molecule has 3 rings (SSSR count). The zero-order chi connectivity index (χ0) is 21.5. The molecule has 0 unspecified atom stereocenters. The molecule has 1 heterocycles. The van der Waals surface area contributed by atoms with Gasteiger partial charge in [-0.05, 0) is 65.5 Å². The zero-order valence-corrected chi connectivity index (χ0v) is 18.2. The van der Waals surface area contributed by atoms with Crippen LogP contribution in [0.1, 0.15) is 5.56 Å². The van der Waals surface area contributed by atoms with E-state index in [1.54, 1.807) is 48.6 Å². The van der Waals surface area contributed by atoms with Crippen molar-refractivity contribution in [2.45, 2.75) is 4.90 Å². The number of carbonyl (C=O) groups is 1. The van der Waals surface area contributed by atoms with E-state index in [2.05, 4.69) is 16.9 Å². The van der Waals surface area contributed by atoms with Crippen molar-refractivity contribution < 1.29 is 14.3 Å². The predicted octanol–water partition coefficient (Wildman–Crippen LogP) is 5.38. The van der Waals surface area contributed by atoms with E-state index in [0.717, 1.165) is 16.7 Å². The van der Waals surface area contributed by atoms with E-state index in [0.29, 0.717) is 44.5 Å². The molecule has 1 amide bonds. The lowest BCUT2D eigenvalue weighted by Crippen LogP contribution is -2.19. The third-order valence-electron chi connectivity index (χ3n) is 3.81. The summed E-state index contributed by atoms with van der Waals surface area (Å²) in [5, 5.41) is 14.3. The number of thioether (sulfide) groups is 2. The molecule has 0 bridgehead atoms. The maximum absolute atomic E-state index is 12.4. The Labute approximate surface area is 187 Å². The molecule has 2 aromatic carbocycles. The van der Waals surface area contributed by atoms with Gasteiger partial charge in [0.25, 0.3) is 5.91 Å². The van der Waals surface area contributed by atoms with Gasteiger partial charge >= 0.3 is 0 Å². The number of carbonyl (C=O) groups excluding carboxylic acids is 1. The molecule has 1 aliphatic rings. The minimum Gasteiger partial charge on any atom is -0.493 e. The SMILES string of the molecule is C=CCOc1cc(Cl)c(/C=C2\SC(=Nc3ccc(SC#N)cc3)NC2=O)cc1OC. The fraction of sp³-hybridized carbons (Fsp3) is 0.0952. The molecule has 30 heavy (non-hydrogen) atoms. The number of nitrogens with zero attached hydrogens (tertiary/aromatic N) is 2. The first-order chi connectivity index (χ1) is 14.5. The molecule has 1 N–H and O–H groups in total. The fourth-order valence-corrected chi connectivity index (χ4v) is 3.88. The van der Waals surface area contributed by atoms with Crippen LogP contribution in [0.15, 0.2) is 63.8 Å². The Morgan fingerprint density at radius 2 is 2.10 bits per heavy atom. The van der Waals surface area contributed by atoms with E-state index in [-0.39, 0.29) is 5.91 Å². The molecular weight excluding hydrogens is 442 g/mol. The molecule has 0 saturated carbocycles. The van der Waals surface area contributed by atoms with Crippen LogP contribution in [0, 0.1) is 10.7 Å². The second-order valence-corrected chi connectivity index (χ2v) is 8.09. The molecule has 6 nitrogen and oxygen atoms in total. The van der Waals surface area contributed by atoms with Gasteiger partial charge in [-0.2, -0.15) is 5.26 Å². The summed E-state index contributed by atoms with van der Waals surface area (Å²) in [4.78, 5) is 18.1. The van der Waals surface area contributed by atoms with Crippen molar-refractivity contribution in [3.8, 4) is 16.9 Å². The second kappa shape index (κ2) is 10.3. The van der Waals surface area contributed by atoms with E-state index >= 15 is 0 Å². The summed E-state index contributed by atoms with van der Waals surface area (Å²) < 4.78 is 10.9. The highest BCUT2D eigenvalue weighted by molar-refractivity contribution is 8.18. The van der Waals surface area contributed by atoms with Gasteiger partial charge in [0, 0.05) is 11.0 Å². The predicted molar refractivity (Wildman–Crippen MR) is 122 cm³/mol. The largest absolute Gasteiger partial charge is 0.493 e. The summed E-state index contributed by atoms with van der Waals surface area (Å²) in [6.07, 6.45) is 3.30. The van der Waals surface area contributed by atoms with Crippen molar-refractivity contribution in [3.63, 3.8) is 0 Å². The van der Waals surface area contributed by atoms with Gasteiger partial charge in [0.15, 0.2) is 16.7 Å².